The fourth-order valence-electron chi connectivity index (χ4n) is 2.06. The lowest BCUT2D eigenvalue weighted by Crippen LogP contribution is -2.28. The Morgan fingerprint density at radius 2 is 1.86 bits per heavy atom. The maximum absolute atomic E-state index is 12.5. The molecule has 0 amide bonds. The molecule has 0 aliphatic rings. The zero-order chi connectivity index (χ0) is 15.5. The molecule has 2 rings (SSSR count). The van der Waals surface area contributed by atoms with E-state index in [1.165, 1.54) is 18.2 Å². The quantitative estimate of drug-likeness (QED) is 0.828. The molecule has 21 heavy (non-hydrogen) atoms. The van der Waals surface area contributed by atoms with Crippen LogP contribution in [0.2, 0.25) is 5.02 Å². The number of halogens is 1. The number of sulfonamides is 1. The molecule has 112 valence electrons. The molecule has 2 aromatic rings. The molecule has 0 saturated heterocycles. The molecule has 4 nitrogen and oxygen atoms in total. The molecule has 0 radical (unpaired) electrons. The van der Waals surface area contributed by atoms with Gasteiger partial charge in [0.1, 0.15) is 4.90 Å². The van der Waals surface area contributed by atoms with Crippen molar-refractivity contribution in [1.82, 2.24) is 4.72 Å². The molecule has 1 unspecified atom stereocenters. The van der Waals surface area contributed by atoms with Gasteiger partial charge in [-0.1, -0.05) is 48.9 Å². The van der Waals surface area contributed by atoms with Gasteiger partial charge < -0.3 is 5.73 Å². The van der Waals surface area contributed by atoms with Gasteiger partial charge in [0.25, 0.3) is 0 Å². The lowest BCUT2D eigenvalue weighted by atomic mass is 10.1. The van der Waals surface area contributed by atoms with Crippen LogP contribution in [-0.4, -0.2) is 8.42 Å². The highest BCUT2D eigenvalue weighted by Crippen LogP contribution is 2.26. The number of nitrogens with one attached hydrogen (secondary N) is 1. The molecular formula is C15H17ClN2O2S. The number of benzene rings is 2. The van der Waals surface area contributed by atoms with Crippen molar-refractivity contribution in [3.8, 4) is 0 Å². The van der Waals surface area contributed by atoms with Crippen molar-refractivity contribution in [2.24, 2.45) is 0 Å². The van der Waals surface area contributed by atoms with Crippen LogP contribution in [0, 0.1) is 0 Å². The Hall–Kier alpha value is -1.56. The number of hydrogen-bond donors (Lipinski definition) is 2. The van der Waals surface area contributed by atoms with Gasteiger partial charge in [0.15, 0.2) is 0 Å². The van der Waals surface area contributed by atoms with Crippen LogP contribution in [0.25, 0.3) is 0 Å². The number of rotatable bonds is 5. The molecule has 6 heteroatoms. The maximum Gasteiger partial charge on any atom is 0.242 e. The summed E-state index contributed by atoms with van der Waals surface area (Å²) < 4.78 is 27.6. The summed E-state index contributed by atoms with van der Waals surface area (Å²) in [5, 5.41) is 0.116. The summed E-state index contributed by atoms with van der Waals surface area (Å²) in [4.78, 5) is 0.0350. The van der Waals surface area contributed by atoms with Gasteiger partial charge in [-0.25, -0.2) is 13.1 Å². The lowest BCUT2D eigenvalue weighted by molar-refractivity contribution is 0.550. The summed E-state index contributed by atoms with van der Waals surface area (Å²) in [6.45, 7) is 1.92. The van der Waals surface area contributed by atoms with Crippen molar-refractivity contribution in [2.75, 3.05) is 5.73 Å². The molecule has 2 aromatic carbocycles. The molecule has 0 spiro atoms. The molecule has 0 saturated carbocycles. The first-order chi connectivity index (χ1) is 9.94. The standard InChI is InChI=1S/C15H17ClN2O2S/c1-2-14(11-6-4-3-5-7-11)18-21(19,20)15-9-8-12(17)10-13(15)16/h3-10,14,18H,2,17H2,1H3. The SMILES string of the molecule is CCC(NS(=O)(=O)c1ccc(N)cc1Cl)c1ccccc1. The van der Waals surface area contributed by atoms with E-state index in [4.69, 9.17) is 17.3 Å². The molecule has 0 aromatic heterocycles. The van der Waals surface area contributed by atoms with E-state index in [2.05, 4.69) is 4.72 Å². The predicted molar refractivity (Wildman–Crippen MR) is 85.7 cm³/mol. The second kappa shape index (κ2) is 6.47. The average molecular weight is 325 g/mol. The minimum Gasteiger partial charge on any atom is -0.399 e. The van der Waals surface area contributed by atoms with Crippen LogP contribution in [0.1, 0.15) is 24.9 Å². The Morgan fingerprint density at radius 1 is 1.19 bits per heavy atom. The van der Waals surface area contributed by atoms with Gasteiger partial charge in [0, 0.05) is 11.7 Å². The Bertz CT molecular complexity index is 718. The highest BCUT2D eigenvalue weighted by atomic mass is 35.5. The van der Waals surface area contributed by atoms with Gasteiger partial charge in [-0.05, 0) is 30.2 Å². The highest BCUT2D eigenvalue weighted by molar-refractivity contribution is 7.89. The third kappa shape index (κ3) is 3.75. The molecule has 0 aliphatic heterocycles. The average Bonchev–Trinajstić information content (AvgIpc) is 2.45. The van der Waals surface area contributed by atoms with Gasteiger partial charge in [-0.2, -0.15) is 0 Å². The molecule has 0 aliphatic carbocycles. The first-order valence-electron chi connectivity index (χ1n) is 6.56. The first-order valence-corrected chi connectivity index (χ1v) is 8.42. The van der Waals surface area contributed by atoms with Gasteiger partial charge in [-0.15, -0.1) is 0 Å². The summed E-state index contributed by atoms with van der Waals surface area (Å²) in [5.41, 5.74) is 6.93. The Morgan fingerprint density at radius 3 is 2.43 bits per heavy atom. The Labute approximate surface area is 130 Å². The van der Waals surface area contributed by atoms with E-state index in [9.17, 15) is 8.42 Å². The zero-order valence-electron chi connectivity index (χ0n) is 11.6. The minimum atomic E-state index is -3.70. The number of nitrogen functional groups attached to an aromatic ring is 1. The van der Waals surface area contributed by atoms with E-state index in [1.807, 2.05) is 37.3 Å². The first kappa shape index (κ1) is 15.8. The van der Waals surface area contributed by atoms with Crippen LogP contribution in [0.15, 0.2) is 53.4 Å². The van der Waals surface area contributed by atoms with Crippen molar-refractivity contribution in [3.05, 3.63) is 59.1 Å². The maximum atomic E-state index is 12.5. The van der Waals surface area contributed by atoms with Crippen molar-refractivity contribution in [1.29, 1.82) is 0 Å². The zero-order valence-corrected chi connectivity index (χ0v) is 13.2. The van der Waals surface area contributed by atoms with Gasteiger partial charge in [0.2, 0.25) is 10.0 Å². The highest BCUT2D eigenvalue weighted by Gasteiger charge is 2.22. The van der Waals surface area contributed by atoms with E-state index in [-0.39, 0.29) is 16.0 Å². The normalized spacial score (nSPS) is 13.0. The predicted octanol–water partition coefficient (Wildman–Crippen LogP) is 3.35. The molecule has 0 fully saturated rings. The second-order valence-corrected chi connectivity index (χ2v) is 6.77. The van der Waals surface area contributed by atoms with Crippen LogP contribution in [0.4, 0.5) is 5.69 Å². The van der Waals surface area contributed by atoms with Crippen molar-refractivity contribution in [3.63, 3.8) is 0 Å². The van der Waals surface area contributed by atoms with Crippen molar-refractivity contribution in [2.45, 2.75) is 24.3 Å². The van der Waals surface area contributed by atoms with E-state index in [1.54, 1.807) is 0 Å². The van der Waals surface area contributed by atoms with Gasteiger partial charge >= 0.3 is 0 Å². The smallest absolute Gasteiger partial charge is 0.242 e. The fraction of sp³-hybridized carbons (Fsp3) is 0.200. The van der Waals surface area contributed by atoms with Crippen LogP contribution in [0.5, 0.6) is 0 Å². The summed E-state index contributed by atoms with van der Waals surface area (Å²) in [6.07, 6.45) is 0.635. The number of nitrogens with two attached hydrogens (primary N) is 1. The third-order valence-electron chi connectivity index (χ3n) is 3.15. The monoisotopic (exact) mass is 324 g/mol. The summed E-state index contributed by atoms with van der Waals surface area (Å²) in [6, 6.07) is 13.5. The largest absolute Gasteiger partial charge is 0.399 e. The molecule has 1 atom stereocenters. The Kier molecular flexibility index (Phi) is 4.88. The van der Waals surface area contributed by atoms with E-state index in [0.717, 1.165) is 5.56 Å². The molecular weight excluding hydrogens is 308 g/mol. The van der Waals surface area contributed by atoms with E-state index >= 15 is 0 Å². The van der Waals surface area contributed by atoms with E-state index in [0.29, 0.717) is 12.1 Å². The number of anilines is 1. The van der Waals surface area contributed by atoms with Gasteiger partial charge in [-0.3, -0.25) is 0 Å². The molecule has 0 heterocycles. The van der Waals surface area contributed by atoms with Crippen LogP contribution in [-0.2, 0) is 10.0 Å². The van der Waals surface area contributed by atoms with Crippen molar-refractivity contribution < 1.29 is 8.42 Å². The Balaban J connectivity index is 2.32. The molecule has 0 bridgehead atoms. The summed E-state index contributed by atoms with van der Waals surface area (Å²) >= 11 is 5.99. The van der Waals surface area contributed by atoms with Crippen LogP contribution < -0.4 is 10.5 Å². The lowest BCUT2D eigenvalue weighted by Gasteiger charge is -2.18. The summed E-state index contributed by atoms with van der Waals surface area (Å²) in [5.74, 6) is 0. The van der Waals surface area contributed by atoms with Crippen LogP contribution >= 0.6 is 11.6 Å². The van der Waals surface area contributed by atoms with Crippen molar-refractivity contribution >= 4 is 27.3 Å². The fourth-order valence-corrected chi connectivity index (χ4v) is 3.92. The second-order valence-electron chi connectivity index (χ2n) is 4.68. The molecule has 3 N–H and O–H groups in total. The summed E-state index contributed by atoms with van der Waals surface area (Å²) in [7, 11) is -3.70. The topological polar surface area (TPSA) is 72.2 Å². The number of hydrogen-bond acceptors (Lipinski definition) is 3. The third-order valence-corrected chi connectivity index (χ3v) is 5.11. The minimum absolute atomic E-state index is 0.0350. The van der Waals surface area contributed by atoms with Crippen LogP contribution in [0.3, 0.4) is 0 Å². The van der Waals surface area contributed by atoms with Gasteiger partial charge in [0.05, 0.1) is 5.02 Å². The van der Waals surface area contributed by atoms with E-state index < -0.39 is 10.0 Å².